The van der Waals surface area contributed by atoms with Crippen LogP contribution in [-0.4, -0.2) is 23.9 Å². The fraction of sp³-hybridized carbons (Fsp3) is 0.250. The normalized spacial score (nSPS) is 10.1. The monoisotopic (exact) mass is 300 g/mol. The Balaban J connectivity index is 3.11. The fourth-order valence-electron chi connectivity index (χ4n) is 1.41. The number of hydrogen-bond acceptors (Lipinski definition) is 2. The Labute approximate surface area is 108 Å². The van der Waals surface area contributed by atoms with Crippen molar-refractivity contribution in [3.05, 3.63) is 40.6 Å². The van der Waals surface area contributed by atoms with Gasteiger partial charge in [-0.15, -0.1) is 6.58 Å². The minimum absolute atomic E-state index is 0.0359. The second-order valence-electron chi connectivity index (χ2n) is 3.49. The molecule has 0 unspecified atom stereocenters. The van der Waals surface area contributed by atoms with Crippen LogP contribution in [0.3, 0.4) is 0 Å². The van der Waals surface area contributed by atoms with Crippen LogP contribution in [0.2, 0.25) is 0 Å². The minimum Gasteiger partial charge on any atom is -0.396 e. The van der Waals surface area contributed by atoms with E-state index in [9.17, 15) is 9.18 Å². The molecule has 1 aromatic carbocycles. The molecule has 1 rings (SSSR count). The van der Waals surface area contributed by atoms with Crippen LogP contribution >= 0.6 is 15.9 Å². The lowest BCUT2D eigenvalue weighted by atomic mass is 10.1. The molecule has 2 N–H and O–H groups in total. The first-order chi connectivity index (χ1) is 8.01. The summed E-state index contributed by atoms with van der Waals surface area (Å²) in [6.45, 7) is 6.45. The molecule has 0 bridgehead atoms. The van der Waals surface area contributed by atoms with Crippen LogP contribution in [0.4, 0.5) is 10.1 Å². The fourth-order valence-corrected chi connectivity index (χ4v) is 1.90. The zero-order valence-corrected chi connectivity index (χ0v) is 11.1. The molecule has 0 saturated heterocycles. The van der Waals surface area contributed by atoms with Crippen LogP contribution in [0.15, 0.2) is 29.3 Å². The zero-order valence-electron chi connectivity index (χ0n) is 9.54. The molecular formula is C12H14BrFN2O. The first-order valence-corrected chi connectivity index (χ1v) is 5.95. The highest BCUT2D eigenvalue weighted by molar-refractivity contribution is 9.10. The van der Waals surface area contributed by atoms with Gasteiger partial charge in [-0.3, -0.25) is 4.79 Å². The van der Waals surface area contributed by atoms with E-state index in [1.54, 1.807) is 11.0 Å². The Hall–Kier alpha value is -1.36. The van der Waals surface area contributed by atoms with Crippen molar-refractivity contribution in [2.24, 2.45) is 0 Å². The minimum atomic E-state index is -0.541. The summed E-state index contributed by atoms with van der Waals surface area (Å²) < 4.78 is 13.6. The van der Waals surface area contributed by atoms with E-state index < -0.39 is 5.82 Å². The van der Waals surface area contributed by atoms with Crippen molar-refractivity contribution in [2.45, 2.75) is 6.92 Å². The van der Waals surface area contributed by atoms with Gasteiger partial charge in [0.25, 0.3) is 5.91 Å². The maximum Gasteiger partial charge on any atom is 0.255 e. The number of amides is 1. The molecule has 0 atom stereocenters. The van der Waals surface area contributed by atoms with Gasteiger partial charge in [-0.25, -0.2) is 4.39 Å². The number of benzene rings is 1. The predicted octanol–water partition coefficient (Wildman–Crippen LogP) is 2.82. The molecule has 0 aromatic heterocycles. The Morgan fingerprint density at radius 1 is 1.65 bits per heavy atom. The summed E-state index contributed by atoms with van der Waals surface area (Å²) in [4.78, 5) is 13.7. The van der Waals surface area contributed by atoms with Crippen molar-refractivity contribution in [1.29, 1.82) is 0 Å². The van der Waals surface area contributed by atoms with Crippen molar-refractivity contribution in [1.82, 2.24) is 4.90 Å². The predicted molar refractivity (Wildman–Crippen MR) is 70.3 cm³/mol. The van der Waals surface area contributed by atoms with Crippen LogP contribution in [0.1, 0.15) is 17.3 Å². The van der Waals surface area contributed by atoms with E-state index in [1.807, 2.05) is 6.92 Å². The van der Waals surface area contributed by atoms with Crippen molar-refractivity contribution >= 4 is 27.5 Å². The van der Waals surface area contributed by atoms with Gasteiger partial charge in [-0.2, -0.15) is 0 Å². The highest BCUT2D eigenvalue weighted by Gasteiger charge is 2.17. The van der Waals surface area contributed by atoms with E-state index in [0.717, 1.165) is 0 Å². The molecule has 0 saturated carbocycles. The van der Waals surface area contributed by atoms with Crippen LogP contribution in [0, 0.1) is 5.82 Å². The number of hydrogen-bond donors (Lipinski definition) is 1. The van der Waals surface area contributed by atoms with Gasteiger partial charge in [0.05, 0.1) is 11.3 Å². The molecule has 0 aliphatic carbocycles. The summed E-state index contributed by atoms with van der Waals surface area (Å²) in [5.41, 5.74) is 5.77. The summed E-state index contributed by atoms with van der Waals surface area (Å²) in [5, 5.41) is 0. The molecule has 1 aromatic rings. The Morgan fingerprint density at radius 3 is 2.82 bits per heavy atom. The van der Waals surface area contributed by atoms with Gasteiger partial charge in [0.2, 0.25) is 0 Å². The van der Waals surface area contributed by atoms with Gasteiger partial charge in [0.1, 0.15) is 5.82 Å². The highest BCUT2D eigenvalue weighted by atomic mass is 79.9. The SMILES string of the molecule is C=CCN(CC)C(=O)c1cc(N)c(F)cc1Br. The van der Waals surface area contributed by atoms with Gasteiger partial charge in [-0.05, 0) is 35.0 Å². The first-order valence-electron chi connectivity index (χ1n) is 5.16. The number of rotatable bonds is 4. The van der Waals surface area contributed by atoms with Gasteiger partial charge < -0.3 is 10.6 Å². The molecule has 0 aliphatic heterocycles. The molecule has 5 heteroatoms. The average molecular weight is 301 g/mol. The van der Waals surface area contributed by atoms with E-state index in [2.05, 4.69) is 22.5 Å². The van der Waals surface area contributed by atoms with Crippen molar-refractivity contribution < 1.29 is 9.18 Å². The molecule has 1 amide bonds. The second kappa shape index (κ2) is 5.82. The third-order valence-corrected chi connectivity index (χ3v) is 2.99. The summed E-state index contributed by atoms with van der Waals surface area (Å²) in [6.07, 6.45) is 1.64. The maximum atomic E-state index is 13.2. The van der Waals surface area contributed by atoms with E-state index in [4.69, 9.17) is 5.73 Å². The van der Waals surface area contributed by atoms with E-state index in [1.165, 1.54) is 12.1 Å². The topological polar surface area (TPSA) is 46.3 Å². The number of likely N-dealkylation sites (N-methyl/N-ethyl adjacent to an activating group) is 1. The van der Waals surface area contributed by atoms with Gasteiger partial charge >= 0.3 is 0 Å². The lowest BCUT2D eigenvalue weighted by Gasteiger charge is -2.20. The Bertz CT molecular complexity index is 448. The van der Waals surface area contributed by atoms with Crippen LogP contribution in [-0.2, 0) is 0 Å². The molecular weight excluding hydrogens is 287 g/mol. The Morgan fingerprint density at radius 2 is 2.29 bits per heavy atom. The lowest BCUT2D eigenvalue weighted by Crippen LogP contribution is -2.31. The second-order valence-corrected chi connectivity index (χ2v) is 4.34. The number of nitrogens with zero attached hydrogens (tertiary/aromatic N) is 1. The number of halogens is 2. The number of carbonyl (C=O) groups excluding carboxylic acids is 1. The number of anilines is 1. The molecule has 92 valence electrons. The third kappa shape index (κ3) is 3.06. The van der Waals surface area contributed by atoms with Crippen LogP contribution in [0.5, 0.6) is 0 Å². The quantitative estimate of drug-likeness (QED) is 0.686. The summed E-state index contributed by atoms with van der Waals surface area (Å²) in [7, 11) is 0. The summed E-state index contributed by atoms with van der Waals surface area (Å²) in [5.74, 6) is -0.744. The third-order valence-electron chi connectivity index (χ3n) is 2.34. The lowest BCUT2D eigenvalue weighted by molar-refractivity contribution is 0.0781. The average Bonchev–Trinajstić information content (AvgIpc) is 2.30. The summed E-state index contributed by atoms with van der Waals surface area (Å²) >= 11 is 3.16. The van der Waals surface area contributed by atoms with Crippen LogP contribution in [0.25, 0.3) is 0 Å². The molecule has 0 fully saturated rings. The van der Waals surface area contributed by atoms with Crippen molar-refractivity contribution in [2.75, 3.05) is 18.8 Å². The van der Waals surface area contributed by atoms with Crippen LogP contribution < -0.4 is 5.73 Å². The number of nitrogens with two attached hydrogens (primary N) is 1. The molecule has 0 heterocycles. The molecule has 0 spiro atoms. The number of carbonyl (C=O) groups is 1. The molecule has 17 heavy (non-hydrogen) atoms. The number of nitrogen functional groups attached to an aromatic ring is 1. The highest BCUT2D eigenvalue weighted by Crippen LogP contribution is 2.24. The summed E-state index contributed by atoms with van der Waals surface area (Å²) in [6, 6.07) is 2.54. The zero-order chi connectivity index (χ0) is 13.0. The van der Waals surface area contributed by atoms with Crippen molar-refractivity contribution in [3.63, 3.8) is 0 Å². The molecule has 3 nitrogen and oxygen atoms in total. The van der Waals surface area contributed by atoms with E-state index in [0.29, 0.717) is 23.1 Å². The standard InChI is InChI=1S/C12H14BrFN2O/c1-3-5-16(4-2)12(17)8-6-11(15)10(14)7-9(8)13/h3,6-7H,1,4-5,15H2,2H3. The Kier molecular flexibility index (Phi) is 4.69. The van der Waals surface area contributed by atoms with E-state index in [-0.39, 0.29) is 11.6 Å². The van der Waals surface area contributed by atoms with Gasteiger partial charge in [0, 0.05) is 17.6 Å². The maximum absolute atomic E-state index is 13.2. The molecule has 0 radical (unpaired) electrons. The first kappa shape index (κ1) is 13.7. The largest absolute Gasteiger partial charge is 0.396 e. The van der Waals surface area contributed by atoms with E-state index >= 15 is 0 Å². The molecule has 0 aliphatic rings. The van der Waals surface area contributed by atoms with Gasteiger partial charge in [-0.1, -0.05) is 6.08 Å². The van der Waals surface area contributed by atoms with Gasteiger partial charge in [0.15, 0.2) is 0 Å². The van der Waals surface area contributed by atoms with Crippen molar-refractivity contribution in [3.8, 4) is 0 Å². The smallest absolute Gasteiger partial charge is 0.255 e.